The summed E-state index contributed by atoms with van der Waals surface area (Å²) >= 11 is 3.44. The van der Waals surface area contributed by atoms with E-state index in [0.717, 1.165) is 10.0 Å². The Morgan fingerprint density at radius 2 is 1.70 bits per heavy atom. The van der Waals surface area contributed by atoms with Gasteiger partial charge in [-0.05, 0) is 48.5 Å². The molecule has 37 heavy (non-hydrogen) atoms. The number of hydrogen-bond donors (Lipinski definition) is 1. The van der Waals surface area contributed by atoms with Crippen LogP contribution in [0, 0.1) is 0 Å². The number of aliphatic hydroxyl groups is 1. The van der Waals surface area contributed by atoms with Gasteiger partial charge < -0.3 is 19.1 Å². The maximum absolute atomic E-state index is 13.4. The number of rotatable bonds is 6. The van der Waals surface area contributed by atoms with Gasteiger partial charge in [0.25, 0.3) is 11.7 Å². The molecule has 1 aromatic heterocycles. The Balaban J connectivity index is 1.68. The standard InChI is InChI=1S/C28H21BrN2O6/c1-35-20-10-5-17(6-11-20)26(32)24-25(21-12-7-18(29)15-23(21)36-2)31(28(34)27(24)33)19-8-3-16(4-9-19)22-13-14-37-30-22/h3-15,25,32H,1-2H3/b26-24-. The summed E-state index contributed by atoms with van der Waals surface area (Å²) in [6.07, 6.45) is 1.47. The molecule has 0 spiro atoms. The Morgan fingerprint density at radius 1 is 0.973 bits per heavy atom. The van der Waals surface area contributed by atoms with E-state index in [0.29, 0.717) is 34.0 Å². The number of aromatic nitrogens is 1. The molecule has 1 aliphatic heterocycles. The minimum atomic E-state index is -0.942. The van der Waals surface area contributed by atoms with Gasteiger partial charge in [0.05, 0.1) is 25.8 Å². The normalized spacial score (nSPS) is 16.7. The van der Waals surface area contributed by atoms with Gasteiger partial charge in [-0.3, -0.25) is 14.5 Å². The molecule has 4 aromatic rings. The van der Waals surface area contributed by atoms with Crippen molar-refractivity contribution in [3.63, 3.8) is 0 Å². The summed E-state index contributed by atoms with van der Waals surface area (Å²) in [5.41, 5.74) is 2.76. The maximum Gasteiger partial charge on any atom is 0.300 e. The maximum atomic E-state index is 13.4. The molecule has 0 saturated carbocycles. The lowest BCUT2D eigenvalue weighted by Gasteiger charge is -2.27. The van der Waals surface area contributed by atoms with Crippen molar-refractivity contribution in [2.24, 2.45) is 0 Å². The number of ketones is 1. The second kappa shape index (κ2) is 9.94. The second-order valence-electron chi connectivity index (χ2n) is 8.22. The van der Waals surface area contributed by atoms with Gasteiger partial charge in [-0.2, -0.15) is 0 Å². The second-order valence-corrected chi connectivity index (χ2v) is 9.13. The van der Waals surface area contributed by atoms with E-state index in [-0.39, 0.29) is 11.3 Å². The number of nitrogens with zero attached hydrogens (tertiary/aromatic N) is 2. The minimum absolute atomic E-state index is 0.0450. The molecule has 0 bridgehead atoms. The van der Waals surface area contributed by atoms with Crippen LogP contribution in [0.2, 0.25) is 0 Å². The fourth-order valence-corrected chi connectivity index (χ4v) is 4.70. The first kappa shape index (κ1) is 24.3. The first-order valence-corrected chi connectivity index (χ1v) is 12.0. The monoisotopic (exact) mass is 560 g/mol. The van der Waals surface area contributed by atoms with E-state index in [2.05, 4.69) is 21.1 Å². The van der Waals surface area contributed by atoms with Gasteiger partial charge in [0, 0.05) is 32.9 Å². The predicted molar refractivity (Wildman–Crippen MR) is 140 cm³/mol. The molecule has 1 atom stereocenters. The molecule has 3 aromatic carbocycles. The number of anilines is 1. The first-order valence-electron chi connectivity index (χ1n) is 11.2. The molecule has 1 aliphatic rings. The van der Waals surface area contributed by atoms with Crippen LogP contribution in [0.15, 0.2) is 93.6 Å². The molecular formula is C28H21BrN2O6. The summed E-state index contributed by atoms with van der Waals surface area (Å²) in [4.78, 5) is 28.2. The van der Waals surface area contributed by atoms with Gasteiger partial charge in [0.2, 0.25) is 0 Å². The number of hydrogen-bond acceptors (Lipinski definition) is 7. The minimum Gasteiger partial charge on any atom is -0.507 e. The lowest BCUT2D eigenvalue weighted by molar-refractivity contribution is -0.132. The van der Waals surface area contributed by atoms with E-state index in [9.17, 15) is 14.7 Å². The van der Waals surface area contributed by atoms with E-state index in [4.69, 9.17) is 14.0 Å². The average molecular weight is 561 g/mol. The third kappa shape index (κ3) is 4.38. The Hall–Kier alpha value is -4.37. The number of carbonyl (C=O) groups is 2. The van der Waals surface area contributed by atoms with Crippen LogP contribution < -0.4 is 14.4 Å². The van der Waals surface area contributed by atoms with Gasteiger partial charge in [-0.25, -0.2) is 0 Å². The van der Waals surface area contributed by atoms with Crippen LogP contribution in [-0.2, 0) is 9.59 Å². The number of Topliss-reactive ketones (excluding diaryl/α,β-unsaturated/α-hetero) is 1. The van der Waals surface area contributed by atoms with E-state index < -0.39 is 17.7 Å². The van der Waals surface area contributed by atoms with Crippen molar-refractivity contribution in [2.75, 3.05) is 19.1 Å². The summed E-state index contributed by atoms with van der Waals surface area (Å²) < 4.78 is 16.5. The molecular weight excluding hydrogens is 540 g/mol. The van der Waals surface area contributed by atoms with Gasteiger partial charge in [-0.1, -0.05) is 39.3 Å². The third-order valence-corrected chi connectivity index (χ3v) is 6.67. The van der Waals surface area contributed by atoms with Crippen LogP contribution in [0.4, 0.5) is 5.69 Å². The van der Waals surface area contributed by atoms with Crippen molar-refractivity contribution in [3.8, 4) is 22.8 Å². The highest BCUT2D eigenvalue weighted by atomic mass is 79.9. The molecule has 1 unspecified atom stereocenters. The van der Waals surface area contributed by atoms with E-state index in [1.165, 1.54) is 25.4 Å². The Morgan fingerprint density at radius 3 is 2.32 bits per heavy atom. The SMILES string of the molecule is COc1ccc(/C(O)=C2/C(=O)C(=O)N(c3ccc(-c4ccon4)cc3)C2c2ccc(Br)cc2OC)cc1. The molecule has 1 N–H and O–H groups in total. The van der Waals surface area contributed by atoms with Gasteiger partial charge in [-0.15, -0.1) is 0 Å². The Bertz CT molecular complexity index is 1490. The summed E-state index contributed by atoms with van der Waals surface area (Å²) in [7, 11) is 3.04. The zero-order valence-corrected chi connectivity index (χ0v) is 21.4. The number of carbonyl (C=O) groups excluding carboxylic acids is 2. The van der Waals surface area contributed by atoms with E-state index >= 15 is 0 Å². The molecule has 0 radical (unpaired) electrons. The van der Waals surface area contributed by atoms with Gasteiger partial charge >= 0.3 is 0 Å². The molecule has 1 saturated heterocycles. The lowest BCUT2D eigenvalue weighted by atomic mass is 9.94. The van der Waals surface area contributed by atoms with Crippen LogP contribution in [0.3, 0.4) is 0 Å². The number of halogens is 1. The van der Waals surface area contributed by atoms with E-state index in [1.54, 1.807) is 72.8 Å². The van der Waals surface area contributed by atoms with Crippen molar-refractivity contribution < 1.29 is 28.7 Å². The van der Waals surface area contributed by atoms with Crippen molar-refractivity contribution in [1.82, 2.24) is 5.16 Å². The smallest absolute Gasteiger partial charge is 0.300 e. The van der Waals surface area contributed by atoms with Crippen molar-refractivity contribution >= 4 is 39.1 Å². The highest BCUT2D eigenvalue weighted by Crippen LogP contribution is 2.45. The molecule has 0 aliphatic carbocycles. The van der Waals surface area contributed by atoms with Crippen molar-refractivity contribution in [1.29, 1.82) is 0 Å². The lowest BCUT2D eigenvalue weighted by Crippen LogP contribution is -2.29. The van der Waals surface area contributed by atoms with Gasteiger partial charge in [0.1, 0.15) is 29.2 Å². The quantitative estimate of drug-likeness (QED) is 0.182. The van der Waals surface area contributed by atoms with Crippen molar-refractivity contribution in [2.45, 2.75) is 6.04 Å². The van der Waals surface area contributed by atoms with Gasteiger partial charge in [0.15, 0.2) is 0 Å². The molecule has 9 heteroatoms. The average Bonchev–Trinajstić information content (AvgIpc) is 3.55. The van der Waals surface area contributed by atoms with Crippen LogP contribution in [-0.4, -0.2) is 36.2 Å². The number of benzene rings is 3. The summed E-state index contributed by atoms with van der Waals surface area (Å²) in [5.74, 6) is -0.817. The molecule has 8 nitrogen and oxygen atoms in total. The number of ether oxygens (including phenoxy) is 2. The zero-order chi connectivity index (χ0) is 26.1. The molecule has 2 heterocycles. The molecule has 1 fully saturated rings. The predicted octanol–water partition coefficient (Wildman–Crippen LogP) is 5.75. The zero-order valence-electron chi connectivity index (χ0n) is 19.8. The fourth-order valence-electron chi connectivity index (χ4n) is 4.36. The van der Waals surface area contributed by atoms with Crippen LogP contribution in [0.25, 0.3) is 17.0 Å². The van der Waals surface area contributed by atoms with Crippen LogP contribution >= 0.6 is 15.9 Å². The molecule has 186 valence electrons. The highest BCUT2D eigenvalue weighted by molar-refractivity contribution is 9.10. The third-order valence-electron chi connectivity index (χ3n) is 6.18. The summed E-state index contributed by atoms with van der Waals surface area (Å²) in [6, 6.07) is 19.7. The fraction of sp³-hybridized carbons (Fsp3) is 0.107. The molecule has 5 rings (SSSR count). The first-order chi connectivity index (χ1) is 17.9. The number of amides is 1. The van der Waals surface area contributed by atoms with Crippen molar-refractivity contribution in [3.05, 3.63) is 100 Å². The van der Waals surface area contributed by atoms with Crippen LogP contribution in [0.1, 0.15) is 17.2 Å². The van der Waals surface area contributed by atoms with E-state index in [1.807, 2.05) is 0 Å². The molecule has 1 amide bonds. The Kier molecular flexibility index (Phi) is 6.54. The van der Waals surface area contributed by atoms with Crippen LogP contribution in [0.5, 0.6) is 11.5 Å². The summed E-state index contributed by atoms with van der Waals surface area (Å²) in [5, 5.41) is 15.3. The number of methoxy groups -OCH3 is 2. The summed E-state index contributed by atoms with van der Waals surface area (Å²) in [6.45, 7) is 0. The topological polar surface area (TPSA) is 102 Å². The highest BCUT2D eigenvalue weighted by Gasteiger charge is 2.48. The number of aliphatic hydroxyl groups excluding tert-OH is 1. The Labute approximate surface area is 220 Å². The largest absolute Gasteiger partial charge is 0.507 e.